The molecule has 0 aliphatic rings. The molecule has 9 heteroatoms. The Hall–Kier alpha value is -3.28. The molecule has 0 saturated carbocycles. The first kappa shape index (κ1) is 17.1. The van der Waals surface area contributed by atoms with Gasteiger partial charge in [0.25, 0.3) is 11.5 Å². The van der Waals surface area contributed by atoms with E-state index in [4.69, 9.17) is 10.00 Å². The third kappa shape index (κ3) is 4.36. The van der Waals surface area contributed by atoms with Crippen molar-refractivity contribution >= 4 is 11.6 Å². The molecule has 6 nitrogen and oxygen atoms in total. The molecule has 0 radical (unpaired) electrons. The predicted octanol–water partition coefficient (Wildman–Crippen LogP) is 2.28. The fourth-order valence-electron chi connectivity index (χ4n) is 1.73. The standard InChI is InChI=1S/C15H10F3N3O3/c16-15(17,18)10-5-12(14(23)20-7-10)21-13(22)8-24-11-3-1-2-9(4-11)6-19/h1-5,7H,8H2,(H,20,23)(H,21,22). The Bertz CT molecular complexity index is 853. The highest BCUT2D eigenvalue weighted by atomic mass is 19.4. The molecule has 1 amide bonds. The zero-order chi connectivity index (χ0) is 17.7. The Morgan fingerprint density at radius 1 is 1.33 bits per heavy atom. The number of benzene rings is 1. The Kier molecular flexibility index (Phi) is 4.89. The molecular weight excluding hydrogens is 327 g/mol. The smallest absolute Gasteiger partial charge is 0.417 e. The number of pyridine rings is 1. The van der Waals surface area contributed by atoms with Crippen LogP contribution in [0.4, 0.5) is 18.9 Å². The Morgan fingerprint density at radius 2 is 2.08 bits per heavy atom. The number of halogens is 3. The Balaban J connectivity index is 2.05. The summed E-state index contributed by atoms with van der Waals surface area (Å²) in [5, 5.41) is 10.8. The highest BCUT2D eigenvalue weighted by Gasteiger charge is 2.31. The van der Waals surface area contributed by atoms with Gasteiger partial charge >= 0.3 is 6.18 Å². The maximum absolute atomic E-state index is 12.6. The number of rotatable bonds is 4. The van der Waals surface area contributed by atoms with Gasteiger partial charge in [0.2, 0.25) is 0 Å². The predicted molar refractivity (Wildman–Crippen MR) is 77.3 cm³/mol. The molecule has 0 bridgehead atoms. The summed E-state index contributed by atoms with van der Waals surface area (Å²) in [7, 11) is 0. The van der Waals surface area contributed by atoms with E-state index in [1.807, 2.05) is 16.4 Å². The lowest BCUT2D eigenvalue weighted by Crippen LogP contribution is -2.25. The van der Waals surface area contributed by atoms with Gasteiger partial charge in [-0.25, -0.2) is 0 Å². The molecule has 2 N–H and O–H groups in total. The van der Waals surface area contributed by atoms with Crippen LogP contribution < -0.4 is 15.6 Å². The molecule has 1 aromatic carbocycles. The molecule has 0 aliphatic heterocycles. The molecule has 0 saturated heterocycles. The van der Waals surface area contributed by atoms with Crippen molar-refractivity contribution in [2.45, 2.75) is 6.18 Å². The summed E-state index contributed by atoms with van der Waals surface area (Å²) >= 11 is 0. The second-order valence-electron chi connectivity index (χ2n) is 4.61. The van der Waals surface area contributed by atoms with Crippen LogP contribution in [0.25, 0.3) is 0 Å². The van der Waals surface area contributed by atoms with E-state index in [2.05, 4.69) is 0 Å². The Morgan fingerprint density at radius 3 is 2.75 bits per heavy atom. The van der Waals surface area contributed by atoms with Gasteiger partial charge in [-0.1, -0.05) is 6.07 Å². The topological polar surface area (TPSA) is 95.0 Å². The van der Waals surface area contributed by atoms with Crippen LogP contribution in [0.15, 0.2) is 41.3 Å². The number of nitrogens with zero attached hydrogens (tertiary/aromatic N) is 1. The lowest BCUT2D eigenvalue weighted by Gasteiger charge is -2.10. The molecule has 0 aliphatic carbocycles. The van der Waals surface area contributed by atoms with Gasteiger partial charge in [-0.3, -0.25) is 9.59 Å². The molecule has 0 spiro atoms. The van der Waals surface area contributed by atoms with Crippen molar-refractivity contribution in [3.63, 3.8) is 0 Å². The van der Waals surface area contributed by atoms with Crippen LogP contribution in [0.1, 0.15) is 11.1 Å². The van der Waals surface area contributed by atoms with Gasteiger partial charge in [0.1, 0.15) is 11.4 Å². The molecule has 24 heavy (non-hydrogen) atoms. The van der Waals surface area contributed by atoms with Crippen molar-refractivity contribution in [3.05, 3.63) is 58.0 Å². The summed E-state index contributed by atoms with van der Waals surface area (Å²) in [4.78, 5) is 25.1. The normalized spacial score (nSPS) is 10.8. The maximum atomic E-state index is 12.6. The number of amides is 1. The van der Waals surface area contributed by atoms with Crippen LogP contribution in [0.3, 0.4) is 0 Å². The number of carbonyl (C=O) groups excluding carboxylic acids is 1. The van der Waals surface area contributed by atoms with Crippen LogP contribution in [-0.4, -0.2) is 17.5 Å². The van der Waals surface area contributed by atoms with Gasteiger partial charge in [-0.15, -0.1) is 0 Å². The highest BCUT2D eigenvalue weighted by molar-refractivity contribution is 5.91. The van der Waals surface area contributed by atoms with Gasteiger partial charge in [0.15, 0.2) is 6.61 Å². The molecule has 2 aromatic rings. The lowest BCUT2D eigenvalue weighted by atomic mass is 10.2. The zero-order valence-electron chi connectivity index (χ0n) is 12.0. The molecule has 1 aromatic heterocycles. The lowest BCUT2D eigenvalue weighted by molar-refractivity contribution is -0.137. The fourth-order valence-corrected chi connectivity index (χ4v) is 1.73. The summed E-state index contributed by atoms with van der Waals surface area (Å²) in [6.07, 6.45) is -4.14. The second-order valence-corrected chi connectivity index (χ2v) is 4.61. The summed E-state index contributed by atoms with van der Waals surface area (Å²) in [5.41, 5.74) is -2.19. The van der Waals surface area contributed by atoms with E-state index >= 15 is 0 Å². The average Bonchev–Trinajstić information content (AvgIpc) is 2.54. The SMILES string of the molecule is N#Cc1cccc(OCC(=O)Nc2cc(C(F)(F)F)c[nH]c2=O)c1. The van der Waals surface area contributed by atoms with E-state index in [-0.39, 0.29) is 5.75 Å². The number of ether oxygens (including phenoxy) is 1. The minimum atomic E-state index is -4.65. The Labute approximate surface area is 133 Å². The van der Waals surface area contributed by atoms with Crippen LogP contribution in [-0.2, 0) is 11.0 Å². The zero-order valence-corrected chi connectivity index (χ0v) is 12.0. The number of nitrogens with one attached hydrogen (secondary N) is 2. The molecule has 1 heterocycles. The number of H-pyrrole nitrogens is 1. The first-order valence-corrected chi connectivity index (χ1v) is 6.52. The number of anilines is 1. The van der Waals surface area contributed by atoms with Gasteiger partial charge in [0.05, 0.1) is 17.2 Å². The average molecular weight is 337 g/mol. The van der Waals surface area contributed by atoms with Gasteiger partial charge in [-0.2, -0.15) is 18.4 Å². The van der Waals surface area contributed by atoms with Gasteiger partial charge in [0, 0.05) is 6.20 Å². The number of aromatic nitrogens is 1. The third-order valence-corrected chi connectivity index (χ3v) is 2.84. The molecule has 124 valence electrons. The number of aromatic amines is 1. The van der Waals surface area contributed by atoms with E-state index in [0.29, 0.717) is 17.8 Å². The number of hydrogen-bond acceptors (Lipinski definition) is 4. The molecule has 0 unspecified atom stereocenters. The van der Waals surface area contributed by atoms with Crippen molar-refractivity contribution in [2.24, 2.45) is 0 Å². The minimum absolute atomic E-state index is 0.238. The molecule has 2 rings (SSSR count). The van der Waals surface area contributed by atoms with Crippen molar-refractivity contribution in [1.29, 1.82) is 5.26 Å². The van der Waals surface area contributed by atoms with Crippen LogP contribution >= 0.6 is 0 Å². The van der Waals surface area contributed by atoms with Crippen LogP contribution in [0.5, 0.6) is 5.75 Å². The monoisotopic (exact) mass is 337 g/mol. The van der Waals surface area contributed by atoms with E-state index < -0.39 is 35.5 Å². The first-order valence-electron chi connectivity index (χ1n) is 6.52. The summed E-state index contributed by atoms with van der Waals surface area (Å²) in [6.45, 7) is -0.537. The largest absolute Gasteiger partial charge is 0.484 e. The number of carbonyl (C=O) groups is 1. The number of alkyl halides is 3. The summed E-state index contributed by atoms with van der Waals surface area (Å²) in [5.74, 6) is -0.579. The highest BCUT2D eigenvalue weighted by Crippen LogP contribution is 2.29. The quantitative estimate of drug-likeness (QED) is 0.895. The van der Waals surface area contributed by atoms with Gasteiger partial charge in [-0.05, 0) is 24.3 Å². The van der Waals surface area contributed by atoms with Gasteiger partial charge < -0.3 is 15.0 Å². The van der Waals surface area contributed by atoms with Crippen molar-refractivity contribution < 1.29 is 22.7 Å². The minimum Gasteiger partial charge on any atom is -0.484 e. The van der Waals surface area contributed by atoms with Crippen LogP contribution in [0, 0.1) is 11.3 Å². The first-order chi connectivity index (χ1) is 11.3. The van der Waals surface area contributed by atoms with E-state index in [1.165, 1.54) is 18.2 Å². The number of nitriles is 1. The summed E-state index contributed by atoms with van der Waals surface area (Å²) < 4.78 is 42.9. The van der Waals surface area contributed by atoms with E-state index in [1.54, 1.807) is 6.07 Å². The fraction of sp³-hybridized carbons (Fsp3) is 0.133. The maximum Gasteiger partial charge on any atom is 0.417 e. The van der Waals surface area contributed by atoms with Crippen molar-refractivity contribution in [2.75, 3.05) is 11.9 Å². The van der Waals surface area contributed by atoms with Crippen molar-refractivity contribution in [1.82, 2.24) is 4.98 Å². The second kappa shape index (κ2) is 6.87. The van der Waals surface area contributed by atoms with Crippen LogP contribution in [0.2, 0.25) is 0 Å². The molecule has 0 atom stereocenters. The van der Waals surface area contributed by atoms with E-state index in [9.17, 15) is 22.8 Å². The number of hydrogen-bond donors (Lipinski definition) is 2. The third-order valence-electron chi connectivity index (χ3n) is 2.84. The molecular formula is C15H10F3N3O3. The van der Waals surface area contributed by atoms with E-state index in [0.717, 1.165) is 0 Å². The summed E-state index contributed by atoms with van der Waals surface area (Å²) in [6, 6.07) is 8.40. The molecule has 0 fully saturated rings. The van der Waals surface area contributed by atoms with Crippen molar-refractivity contribution in [3.8, 4) is 11.8 Å².